The molecule has 20 heavy (non-hydrogen) atoms. The average Bonchev–Trinajstić information content (AvgIpc) is 2.87. The van der Waals surface area contributed by atoms with Crippen molar-refractivity contribution in [3.05, 3.63) is 18.1 Å². The van der Waals surface area contributed by atoms with Crippen LogP contribution in [0.4, 0.5) is 5.82 Å². The number of nitrogen functional groups attached to an aromatic ring is 1. The molecule has 1 aromatic heterocycles. The summed E-state index contributed by atoms with van der Waals surface area (Å²) in [7, 11) is 0. The van der Waals surface area contributed by atoms with Crippen molar-refractivity contribution in [1.82, 2.24) is 19.8 Å². The van der Waals surface area contributed by atoms with E-state index in [0.717, 1.165) is 51.8 Å². The van der Waals surface area contributed by atoms with Gasteiger partial charge in [0.25, 0.3) is 0 Å². The smallest absolute Gasteiger partial charge is 0.144 e. The lowest BCUT2D eigenvalue weighted by Crippen LogP contribution is -2.44. The Balaban J connectivity index is 1.57. The van der Waals surface area contributed by atoms with Gasteiger partial charge in [-0.1, -0.05) is 0 Å². The molecular formula is C14H23N5O. The topological polar surface area (TPSA) is 67.5 Å². The Labute approximate surface area is 119 Å². The van der Waals surface area contributed by atoms with Gasteiger partial charge in [-0.15, -0.1) is 0 Å². The highest BCUT2D eigenvalue weighted by Gasteiger charge is 2.27. The molecule has 3 rings (SSSR count). The summed E-state index contributed by atoms with van der Waals surface area (Å²) < 4.78 is 5.41. The number of morpholine rings is 1. The van der Waals surface area contributed by atoms with Gasteiger partial charge in [-0.05, 0) is 25.5 Å². The maximum Gasteiger partial charge on any atom is 0.144 e. The number of likely N-dealkylation sites (tertiary alicyclic amines) is 1. The number of hydrogen-bond donors (Lipinski definition) is 1. The molecule has 3 heterocycles. The van der Waals surface area contributed by atoms with Crippen LogP contribution in [0.1, 0.15) is 18.7 Å². The van der Waals surface area contributed by atoms with Gasteiger partial charge in [-0.25, -0.2) is 9.97 Å². The van der Waals surface area contributed by atoms with E-state index in [0.29, 0.717) is 11.9 Å². The number of hydrogen-bond acceptors (Lipinski definition) is 6. The van der Waals surface area contributed by atoms with Crippen LogP contribution < -0.4 is 5.73 Å². The Morgan fingerprint density at radius 2 is 2.15 bits per heavy atom. The molecule has 2 fully saturated rings. The first-order chi connectivity index (χ1) is 9.81. The molecule has 1 unspecified atom stereocenters. The van der Waals surface area contributed by atoms with Gasteiger partial charge < -0.3 is 10.5 Å². The molecule has 1 aromatic rings. The summed E-state index contributed by atoms with van der Waals surface area (Å²) in [5.41, 5.74) is 5.73. The molecular weight excluding hydrogens is 254 g/mol. The number of aromatic nitrogens is 2. The molecule has 1 atom stereocenters. The van der Waals surface area contributed by atoms with Crippen molar-refractivity contribution in [1.29, 1.82) is 0 Å². The van der Waals surface area contributed by atoms with Crippen molar-refractivity contribution < 1.29 is 4.74 Å². The molecule has 0 aliphatic carbocycles. The van der Waals surface area contributed by atoms with Gasteiger partial charge >= 0.3 is 0 Å². The summed E-state index contributed by atoms with van der Waals surface area (Å²) in [6.07, 6.45) is 4.27. The fourth-order valence-corrected chi connectivity index (χ4v) is 3.06. The van der Waals surface area contributed by atoms with E-state index in [1.54, 1.807) is 12.3 Å². The second kappa shape index (κ2) is 6.47. The van der Waals surface area contributed by atoms with Crippen LogP contribution in [0.3, 0.4) is 0 Å². The lowest BCUT2D eigenvalue weighted by Gasteiger charge is -2.32. The van der Waals surface area contributed by atoms with E-state index in [-0.39, 0.29) is 0 Å². The molecule has 2 N–H and O–H groups in total. The zero-order chi connectivity index (χ0) is 13.8. The fourth-order valence-electron chi connectivity index (χ4n) is 3.06. The first-order valence-electron chi connectivity index (χ1n) is 7.43. The van der Waals surface area contributed by atoms with Crippen molar-refractivity contribution >= 4 is 5.82 Å². The predicted molar refractivity (Wildman–Crippen MR) is 77.1 cm³/mol. The molecule has 0 spiro atoms. The Hall–Kier alpha value is -1.24. The number of nitrogens with zero attached hydrogens (tertiary/aromatic N) is 4. The number of nitrogens with two attached hydrogens (primary N) is 1. The summed E-state index contributed by atoms with van der Waals surface area (Å²) in [5, 5.41) is 0. The minimum atomic E-state index is 0.555. The van der Waals surface area contributed by atoms with Gasteiger partial charge in [-0.3, -0.25) is 9.80 Å². The summed E-state index contributed by atoms with van der Waals surface area (Å²) in [6.45, 7) is 6.91. The number of rotatable bonds is 4. The highest BCUT2D eigenvalue weighted by molar-refractivity contribution is 5.25. The molecule has 0 amide bonds. The highest BCUT2D eigenvalue weighted by atomic mass is 16.5. The van der Waals surface area contributed by atoms with Crippen molar-refractivity contribution in [3.63, 3.8) is 0 Å². The van der Waals surface area contributed by atoms with E-state index in [2.05, 4.69) is 19.8 Å². The highest BCUT2D eigenvalue weighted by Crippen LogP contribution is 2.20. The minimum absolute atomic E-state index is 0.555. The third-order valence-electron chi connectivity index (χ3n) is 4.14. The normalized spacial score (nSPS) is 25.1. The molecule has 0 radical (unpaired) electrons. The van der Waals surface area contributed by atoms with E-state index in [4.69, 9.17) is 10.5 Å². The fraction of sp³-hybridized carbons (Fsp3) is 0.714. The van der Waals surface area contributed by atoms with E-state index in [1.807, 2.05) is 0 Å². The first kappa shape index (κ1) is 13.7. The van der Waals surface area contributed by atoms with Crippen molar-refractivity contribution in [3.8, 4) is 0 Å². The van der Waals surface area contributed by atoms with Crippen LogP contribution in [-0.4, -0.2) is 65.2 Å². The maximum absolute atomic E-state index is 5.73. The number of ether oxygens (including phenoxy) is 1. The zero-order valence-corrected chi connectivity index (χ0v) is 11.9. The summed E-state index contributed by atoms with van der Waals surface area (Å²) in [4.78, 5) is 13.6. The minimum Gasteiger partial charge on any atom is -0.384 e. The summed E-state index contributed by atoms with van der Waals surface area (Å²) >= 11 is 0. The predicted octanol–water partition coefficient (Wildman–Crippen LogP) is 0.355. The molecule has 2 saturated heterocycles. The standard InChI is InChI=1S/C14H23N5O/c15-13-3-4-16-14(17-13)11-19-5-1-2-12(19)10-18-6-8-20-9-7-18/h3-4,12H,1-2,5-11H2,(H2,15,16,17). The summed E-state index contributed by atoms with van der Waals surface area (Å²) in [5.74, 6) is 1.39. The first-order valence-corrected chi connectivity index (χ1v) is 7.43. The van der Waals surface area contributed by atoms with Crippen LogP contribution in [0.25, 0.3) is 0 Å². The third kappa shape index (κ3) is 3.45. The Bertz CT molecular complexity index is 435. The number of anilines is 1. The van der Waals surface area contributed by atoms with Crippen molar-refractivity contribution in [2.24, 2.45) is 0 Å². The van der Waals surface area contributed by atoms with Crippen LogP contribution in [0.15, 0.2) is 12.3 Å². The SMILES string of the molecule is Nc1ccnc(CN2CCCC2CN2CCOCC2)n1. The zero-order valence-electron chi connectivity index (χ0n) is 11.9. The van der Waals surface area contributed by atoms with Crippen LogP contribution in [0.5, 0.6) is 0 Å². The van der Waals surface area contributed by atoms with Crippen LogP contribution in [-0.2, 0) is 11.3 Å². The molecule has 110 valence electrons. The molecule has 2 aliphatic heterocycles. The average molecular weight is 277 g/mol. The van der Waals surface area contributed by atoms with Gasteiger partial charge in [0, 0.05) is 31.9 Å². The molecule has 6 heteroatoms. The Morgan fingerprint density at radius 1 is 1.30 bits per heavy atom. The van der Waals surface area contributed by atoms with Crippen LogP contribution in [0.2, 0.25) is 0 Å². The Kier molecular flexibility index (Phi) is 4.44. The van der Waals surface area contributed by atoms with Crippen molar-refractivity contribution in [2.45, 2.75) is 25.4 Å². The lowest BCUT2D eigenvalue weighted by atomic mass is 10.2. The molecule has 6 nitrogen and oxygen atoms in total. The van der Waals surface area contributed by atoms with E-state index in [1.165, 1.54) is 12.8 Å². The molecule has 0 saturated carbocycles. The largest absolute Gasteiger partial charge is 0.384 e. The maximum atomic E-state index is 5.73. The van der Waals surface area contributed by atoms with E-state index >= 15 is 0 Å². The van der Waals surface area contributed by atoms with Gasteiger partial charge in [0.1, 0.15) is 11.6 Å². The lowest BCUT2D eigenvalue weighted by molar-refractivity contribution is 0.0260. The monoisotopic (exact) mass is 277 g/mol. The van der Waals surface area contributed by atoms with E-state index < -0.39 is 0 Å². The van der Waals surface area contributed by atoms with Gasteiger partial charge in [-0.2, -0.15) is 0 Å². The summed E-state index contributed by atoms with van der Waals surface area (Å²) in [6, 6.07) is 2.34. The second-order valence-corrected chi connectivity index (χ2v) is 5.58. The van der Waals surface area contributed by atoms with Crippen LogP contribution >= 0.6 is 0 Å². The molecule has 0 bridgehead atoms. The van der Waals surface area contributed by atoms with Gasteiger partial charge in [0.15, 0.2) is 0 Å². The van der Waals surface area contributed by atoms with Gasteiger partial charge in [0.2, 0.25) is 0 Å². The third-order valence-corrected chi connectivity index (χ3v) is 4.14. The van der Waals surface area contributed by atoms with E-state index in [9.17, 15) is 0 Å². The molecule has 0 aromatic carbocycles. The van der Waals surface area contributed by atoms with Crippen molar-refractivity contribution in [2.75, 3.05) is 45.1 Å². The molecule has 2 aliphatic rings. The van der Waals surface area contributed by atoms with Crippen LogP contribution in [0, 0.1) is 0 Å². The quantitative estimate of drug-likeness (QED) is 0.857. The van der Waals surface area contributed by atoms with Gasteiger partial charge in [0.05, 0.1) is 19.8 Å². The Morgan fingerprint density at radius 3 is 2.95 bits per heavy atom. The second-order valence-electron chi connectivity index (χ2n) is 5.58.